The van der Waals surface area contributed by atoms with Crippen LogP contribution in [0, 0.1) is 40.4 Å². The molecule has 0 heterocycles. The van der Waals surface area contributed by atoms with E-state index in [1.54, 1.807) is 5.57 Å². The van der Waals surface area contributed by atoms with E-state index in [9.17, 15) is 9.90 Å². The Hall–Kier alpha value is -0.630. The van der Waals surface area contributed by atoms with Crippen LogP contribution in [0.3, 0.4) is 0 Å². The minimum atomic E-state index is -0.114. The van der Waals surface area contributed by atoms with Gasteiger partial charge in [0.1, 0.15) is 5.78 Å². The van der Waals surface area contributed by atoms with E-state index < -0.39 is 0 Å². The van der Waals surface area contributed by atoms with E-state index >= 15 is 0 Å². The van der Waals surface area contributed by atoms with Gasteiger partial charge in [0.2, 0.25) is 0 Å². The Kier molecular flexibility index (Phi) is 3.60. The molecule has 5 rings (SSSR count). The lowest BCUT2D eigenvalue weighted by molar-refractivity contribution is -0.133. The van der Waals surface area contributed by atoms with E-state index in [1.807, 2.05) is 0 Å². The molecular formula is C23H34O2. The summed E-state index contributed by atoms with van der Waals surface area (Å²) in [4.78, 5) is 12.8. The first-order chi connectivity index (χ1) is 11.9. The SMILES string of the molecule is C[C@]12CCC3C(CC=C4CC(O)CC[C@@]43C)C1CC1CCCC(=O)C12. The maximum atomic E-state index is 12.8. The highest BCUT2D eigenvalue weighted by atomic mass is 16.3. The molecule has 1 N–H and O–H groups in total. The van der Waals surface area contributed by atoms with Gasteiger partial charge in [-0.15, -0.1) is 0 Å². The summed E-state index contributed by atoms with van der Waals surface area (Å²) >= 11 is 0. The fraction of sp³-hybridized carbons (Fsp3) is 0.870. The maximum Gasteiger partial charge on any atom is 0.136 e. The van der Waals surface area contributed by atoms with Crippen LogP contribution >= 0.6 is 0 Å². The monoisotopic (exact) mass is 342 g/mol. The fourth-order valence-electron chi connectivity index (χ4n) is 8.43. The molecule has 25 heavy (non-hydrogen) atoms. The summed E-state index contributed by atoms with van der Waals surface area (Å²) in [6, 6.07) is 0. The van der Waals surface area contributed by atoms with E-state index in [4.69, 9.17) is 0 Å². The van der Waals surface area contributed by atoms with Crippen molar-refractivity contribution in [2.75, 3.05) is 0 Å². The van der Waals surface area contributed by atoms with Crippen molar-refractivity contribution >= 4 is 5.78 Å². The molecule has 0 radical (unpaired) electrons. The zero-order chi connectivity index (χ0) is 17.4. The third-order valence-electron chi connectivity index (χ3n) is 9.60. The van der Waals surface area contributed by atoms with Crippen LogP contribution in [-0.2, 0) is 4.79 Å². The molecule has 5 aliphatic carbocycles. The minimum Gasteiger partial charge on any atom is -0.393 e. The number of carbonyl (C=O) groups is 1. The average molecular weight is 343 g/mol. The van der Waals surface area contributed by atoms with Crippen LogP contribution in [0.15, 0.2) is 11.6 Å². The lowest BCUT2D eigenvalue weighted by Gasteiger charge is -2.58. The predicted molar refractivity (Wildman–Crippen MR) is 98.9 cm³/mol. The van der Waals surface area contributed by atoms with Gasteiger partial charge in [-0.2, -0.15) is 0 Å². The minimum absolute atomic E-state index is 0.114. The smallest absolute Gasteiger partial charge is 0.136 e. The number of Topliss-reactive ketones (excluding diaryl/α,β-unsaturated/α-hetero) is 1. The molecule has 4 saturated carbocycles. The molecule has 0 spiro atoms. The van der Waals surface area contributed by atoms with Crippen LogP contribution in [0.1, 0.15) is 78.1 Å². The number of allylic oxidation sites excluding steroid dienone is 1. The van der Waals surface area contributed by atoms with Crippen molar-refractivity contribution in [3.8, 4) is 0 Å². The number of hydrogen-bond acceptors (Lipinski definition) is 2. The van der Waals surface area contributed by atoms with E-state index in [2.05, 4.69) is 19.9 Å². The third-order valence-corrected chi connectivity index (χ3v) is 9.60. The fourth-order valence-corrected chi connectivity index (χ4v) is 8.43. The molecule has 0 aromatic carbocycles. The summed E-state index contributed by atoms with van der Waals surface area (Å²) in [6.45, 7) is 4.98. The van der Waals surface area contributed by atoms with Crippen LogP contribution in [0.2, 0.25) is 0 Å². The summed E-state index contributed by atoms with van der Waals surface area (Å²) < 4.78 is 0. The molecule has 2 heteroatoms. The average Bonchev–Trinajstić information content (AvgIpc) is 2.89. The van der Waals surface area contributed by atoms with Crippen molar-refractivity contribution in [3.63, 3.8) is 0 Å². The van der Waals surface area contributed by atoms with Gasteiger partial charge in [0.15, 0.2) is 0 Å². The molecule has 0 amide bonds. The zero-order valence-corrected chi connectivity index (χ0v) is 16.0. The Morgan fingerprint density at radius 2 is 1.96 bits per heavy atom. The number of aliphatic hydroxyl groups is 1. The molecule has 0 aromatic heterocycles. The second-order valence-electron chi connectivity index (χ2n) is 10.5. The normalized spacial score (nSPS) is 54.8. The first-order valence-corrected chi connectivity index (χ1v) is 10.8. The van der Waals surface area contributed by atoms with E-state index in [0.29, 0.717) is 23.0 Å². The second kappa shape index (κ2) is 5.44. The van der Waals surface area contributed by atoms with Gasteiger partial charge in [0.05, 0.1) is 6.10 Å². The van der Waals surface area contributed by atoms with E-state index in [1.165, 1.54) is 32.1 Å². The molecule has 2 nitrogen and oxygen atoms in total. The van der Waals surface area contributed by atoms with E-state index in [0.717, 1.165) is 49.9 Å². The van der Waals surface area contributed by atoms with Gasteiger partial charge in [0, 0.05) is 12.3 Å². The van der Waals surface area contributed by atoms with Crippen LogP contribution in [0.25, 0.3) is 0 Å². The molecule has 6 unspecified atom stereocenters. The summed E-state index contributed by atoms with van der Waals surface area (Å²) in [5, 5.41) is 10.1. The van der Waals surface area contributed by atoms with Crippen molar-refractivity contribution in [3.05, 3.63) is 11.6 Å². The lowest BCUT2D eigenvalue weighted by Crippen LogP contribution is -2.51. The predicted octanol–water partition coefficient (Wildman–Crippen LogP) is 4.91. The van der Waals surface area contributed by atoms with Gasteiger partial charge < -0.3 is 5.11 Å². The lowest BCUT2D eigenvalue weighted by atomic mass is 9.47. The van der Waals surface area contributed by atoms with Crippen LogP contribution in [0.4, 0.5) is 0 Å². The van der Waals surface area contributed by atoms with E-state index in [-0.39, 0.29) is 11.5 Å². The number of carbonyl (C=O) groups excluding carboxylic acids is 1. The summed E-state index contributed by atoms with van der Waals surface area (Å²) in [6.07, 6.45) is 13.8. The third kappa shape index (κ3) is 2.16. The highest BCUT2D eigenvalue weighted by molar-refractivity contribution is 5.83. The zero-order valence-electron chi connectivity index (χ0n) is 16.0. The van der Waals surface area contributed by atoms with Crippen LogP contribution in [0.5, 0.6) is 0 Å². The molecule has 0 saturated heterocycles. The number of ketones is 1. The van der Waals surface area contributed by atoms with Gasteiger partial charge in [-0.25, -0.2) is 0 Å². The highest BCUT2D eigenvalue weighted by Gasteiger charge is 2.62. The maximum absolute atomic E-state index is 12.8. The van der Waals surface area contributed by atoms with Gasteiger partial charge in [0.25, 0.3) is 0 Å². The Bertz CT molecular complexity index is 622. The Labute approximate surface area is 152 Å². The molecule has 4 fully saturated rings. The molecule has 5 aliphatic rings. The number of fused-ring (bicyclic) bond motifs is 7. The largest absolute Gasteiger partial charge is 0.393 e. The molecule has 8 atom stereocenters. The molecule has 0 aliphatic heterocycles. The Balaban J connectivity index is 1.50. The van der Waals surface area contributed by atoms with Crippen molar-refractivity contribution in [1.82, 2.24) is 0 Å². The Morgan fingerprint density at radius 1 is 1.12 bits per heavy atom. The van der Waals surface area contributed by atoms with Crippen molar-refractivity contribution in [1.29, 1.82) is 0 Å². The van der Waals surface area contributed by atoms with Crippen LogP contribution in [-0.4, -0.2) is 17.0 Å². The van der Waals surface area contributed by atoms with Crippen LogP contribution < -0.4 is 0 Å². The first kappa shape index (κ1) is 16.5. The first-order valence-electron chi connectivity index (χ1n) is 10.8. The summed E-state index contributed by atoms with van der Waals surface area (Å²) in [5.41, 5.74) is 2.16. The highest BCUT2D eigenvalue weighted by Crippen LogP contribution is 2.68. The standard InChI is InChI=1S/C23H34O2/c1-22-10-8-16(24)13-15(22)6-7-17-18(22)9-11-23(2)19(17)12-14-4-3-5-20(25)21(14)23/h6,14,16-19,21,24H,3-5,7-13H2,1-2H3/t14?,16?,17?,18?,19?,21?,22-,23-/m0/s1. The molecule has 0 aromatic rings. The van der Waals surface area contributed by atoms with Crippen molar-refractivity contribution in [2.24, 2.45) is 40.4 Å². The number of rotatable bonds is 0. The van der Waals surface area contributed by atoms with Gasteiger partial charge in [-0.3, -0.25) is 4.79 Å². The topological polar surface area (TPSA) is 37.3 Å². The Morgan fingerprint density at radius 3 is 2.80 bits per heavy atom. The van der Waals surface area contributed by atoms with Gasteiger partial charge in [-0.05, 0) is 92.3 Å². The molecule has 0 bridgehead atoms. The van der Waals surface area contributed by atoms with Crippen molar-refractivity contribution < 1.29 is 9.90 Å². The van der Waals surface area contributed by atoms with Crippen molar-refractivity contribution in [2.45, 2.75) is 84.2 Å². The molecule has 138 valence electrons. The molecular weight excluding hydrogens is 308 g/mol. The number of hydrogen-bond donors (Lipinski definition) is 1. The van der Waals surface area contributed by atoms with Gasteiger partial charge in [-0.1, -0.05) is 25.5 Å². The summed E-state index contributed by atoms with van der Waals surface area (Å²) in [5.74, 6) is 3.97. The summed E-state index contributed by atoms with van der Waals surface area (Å²) in [7, 11) is 0. The number of aliphatic hydroxyl groups excluding tert-OH is 1. The quantitative estimate of drug-likeness (QED) is 0.635. The van der Waals surface area contributed by atoms with Gasteiger partial charge >= 0.3 is 0 Å². The second-order valence-corrected chi connectivity index (χ2v) is 10.5.